The number of hydrogen-bond donors (Lipinski definition) is 0. The molecule has 146 valence electrons. The molecule has 0 unspecified atom stereocenters. The zero-order valence-corrected chi connectivity index (χ0v) is 17.1. The van der Waals surface area contributed by atoms with Gasteiger partial charge in [-0.3, -0.25) is 0 Å². The van der Waals surface area contributed by atoms with E-state index in [1.54, 1.807) is 17.8 Å². The van der Waals surface area contributed by atoms with Crippen LogP contribution in [0.1, 0.15) is 36.0 Å². The van der Waals surface area contributed by atoms with E-state index >= 15 is 0 Å². The Bertz CT molecular complexity index is 1120. The number of hydrogen-bond acceptors (Lipinski definition) is 6. The predicted molar refractivity (Wildman–Crippen MR) is 112 cm³/mol. The Morgan fingerprint density at radius 1 is 0.966 bits per heavy atom. The molecule has 5 rings (SSSR count). The molecule has 4 aromatic rings. The molecule has 0 N–H and O–H groups in total. The summed E-state index contributed by atoms with van der Waals surface area (Å²) < 4.78 is 8.02. The van der Waals surface area contributed by atoms with Crippen LogP contribution in [-0.2, 0) is 12.3 Å². The Labute approximate surface area is 177 Å². The van der Waals surface area contributed by atoms with Crippen molar-refractivity contribution in [2.45, 2.75) is 36.2 Å². The van der Waals surface area contributed by atoms with Crippen molar-refractivity contribution in [1.29, 1.82) is 0 Å². The van der Waals surface area contributed by atoms with Crippen molar-refractivity contribution in [3.8, 4) is 11.5 Å². The summed E-state index contributed by atoms with van der Waals surface area (Å²) in [6.45, 7) is 0.761. The van der Waals surface area contributed by atoms with E-state index in [1.165, 1.54) is 18.4 Å². The van der Waals surface area contributed by atoms with Crippen molar-refractivity contribution >= 4 is 23.4 Å². The van der Waals surface area contributed by atoms with Gasteiger partial charge < -0.3 is 8.98 Å². The summed E-state index contributed by atoms with van der Waals surface area (Å²) in [6.07, 6.45) is 2.37. The first-order chi connectivity index (χ1) is 14.3. The summed E-state index contributed by atoms with van der Waals surface area (Å²) in [5.41, 5.74) is 1.97. The Hall–Kier alpha value is -2.64. The van der Waals surface area contributed by atoms with Gasteiger partial charge in [0.1, 0.15) is 5.82 Å². The van der Waals surface area contributed by atoms with Crippen LogP contribution in [0.3, 0.4) is 0 Å². The molecule has 6 nitrogen and oxygen atoms in total. The van der Waals surface area contributed by atoms with Crippen molar-refractivity contribution in [3.63, 3.8) is 0 Å². The molecule has 1 saturated carbocycles. The van der Waals surface area contributed by atoms with Gasteiger partial charge in [0.25, 0.3) is 0 Å². The minimum absolute atomic E-state index is 0.427. The minimum Gasteiger partial charge on any atom is -0.420 e. The zero-order valence-electron chi connectivity index (χ0n) is 15.5. The average molecular weight is 424 g/mol. The van der Waals surface area contributed by atoms with Crippen molar-refractivity contribution in [3.05, 3.63) is 76.9 Å². The van der Waals surface area contributed by atoms with Crippen molar-refractivity contribution in [1.82, 2.24) is 25.0 Å². The van der Waals surface area contributed by atoms with Gasteiger partial charge in [0.2, 0.25) is 11.8 Å². The molecule has 0 saturated heterocycles. The molecule has 0 aliphatic heterocycles. The third kappa shape index (κ3) is 4.06. The minimum atomic E-state index is 0.427. The lowest BCUT2D eigenvalue weighted by atomic mass is 10.2. The monoisotopic (exact) mass is 423 g/mol. The van der Waals surface area contributed by atoms with Gasteiger partial charge >= 0.3 is 0 Å². The van der Waals surface area contributed by atoms with Crippen LogP contribution >= 0.6 is 23.4 Å². The molecule has 0 amide bonds. The Morgan fingerprint density at radius 3 is 2.55 bits per heavy atom. The van der Waals surface area contributed by atoms with Crippen LogP contribution in [0.4, 0.5) is 0 Å². The van der Waals surface area contributed by atoms with Crippen LogP contribution in [-0.4, -0.2) is 25.0 Å². The Morgan fingerprint density at radius 2 is 1.76 bits per heavy atom. The highest BCUT2D eigenvalue weighted by Gasteiger charge is 2.30. The fraction of sp³-hybridized carbons (Fsp3) is 0.238. The molecule has 29 heavy (non-hydrogen) atoms. The first kappa shape index (κ1) is 18.4. The van der Waals surface area contributed by atoms with Crippen LogP contribution < -0.4 is 0 Å². The highest BCUT2D eigenvalue weighted by atomic mass is 35.5. The molecule has 0 bridgehead atoms. The number of nitrogens with zero attached hydrogens (tertiary/aromatic N) is 5. The maximum atomic E-state index is 6.22. The van der Waals surface area contributed by atoms with Crippen molar-refractivity contribution < 1.29 is 4.42 Å². The van der Waals surface area contributed by atoms with Crippen LogP contribution in [0.2, 0.25) is 5.02 Å². The van der Waals surface area contributed by atoms with E-state index in [1.807, 2.05) is 24.3 Å². The van der Waals surface area contributed by atoms with E-state index in [9.17, 15) is 0 Å². The lowest BCUT2D eigenvalue weighted by Crippen LogP contribution is -2.06. The molecule has 8 heteroatoms. The lowest BCUT2D eigenvalue weighted by molar-refractivity contribution is 0.528. The maximum Gasteiger partial charge on any atom is 0.249 e. The lowest BCUT2D eigenvalue weighted by Gasteiger charge is -2.09. The molecule has 0 radical (unpaired) electrons. The Balaban J connectivity index is 1.34. The largest absolute Gasteiger partial charge is 0.420 e. The van der Waals surface area contributed by atoms with Gasteiger partial charge in [-0.1, -0.05) is 65.8 Å². The normalized spacial score (nSPS) is 13.7. The summed E-state index contributed by atoms with van der Waals surface area (Å²) in [6, 6.07) is 17.8. The van der Waals surface area contributed by atoms with E-state index in [0.29, 0.717) is 28.5 Å². The highest BCUT2D eigenvalue weighted by Crippen LogP contribution is 2.40. The van der Waals surface area contributed by atoms with Gasteiger partial charge in [-0.25, -0.2) is 0 Å². The molecule has 1 aliphatic carbocycles. The van der Waals surface area contributed by atoms with Gasteiger partial charge in [0.15, 0.2) is 5.16 Å². The second kappa shape index (κ2) is 8.00. The summed E-state index contributed by atoms with van der Waals surface area (Å²) in [5, 5.41) is 18.6. The summed E-state index contributed by atoms with van der Waals surface area (Å²) in [7, 11) is 0. The van der Waals surface area contributed by atoms with Gasteiger partial charge in [-0.15, -0.1) is 20.4 Å². The van der Waals surface area contributed by atoms with Crippen molar-refractivity contribution in [2.24, 2.45) is 0 Å². The number of halogens is 1. The topological polar surface area (TPSA) is 69.6 Å². The molecule has 2 aromatic carbocycles. The quantitative estimate of drug-likeness (QED) is 0.380. The molecule has 1 fully saturated rings. The summed E-state index contributed by atoms with van der Waals surface area (Å²) in [4.78, 5) is 0. The van der Waals surface area contributed by atoms with Gasteiger partial charge in [0.05, 0.1) is 22.9 Å². The first-order valence-corrected chi connectivity index (χ1v) is 10.8. The molecule has 0 atom stereocenters. The average Bonchev–Trinajstić information content (AvgIpc) is 3.35. The van der Waals surface area contributed by atoms with Gasteiger partial charge in [0, 0.05) is 5.92 Å². The standard InChI is InChI=1S/C21H18ClN5OS/c22-17-9-5-4-8-16(17)20-25-23-18(28-20)13-29-21-26-24-19(15-10-11-15)27(21)12-14-6-2-1-3-7-14/h1-9,15H,10-13H2. The fourth-order valence-electron chi connectivity index (χ4n) is 3.15. The number of thioether (sulfide) groups is 1. The number of aromatic nitrogens is 5. The van der Waals surface area contributed by atoms with Crippen LogP contribution in [0.15, 0.2) is 64.2 Å². The number of rotatable bonds is 7. The van der Waals surface area contributed by atoms with Gasteiger partial charge in [-0.05, 0) is 30.5 Å². The van der Waals surface area contributed by atoms with Gasteiger partial charge in [-0.2, -0.15) is 0 Å². The van der Waals surface area contributed by atoms with E-state index in [4.69, 9.17) is 16.0 Å². The predicted octanol–water partition coefficient (Wildman–Crippen LogP) is 5.20. The molecule has 1 aliphatic rings. The van der Waals surface area contributed by atoms with Crippen LogP contribution in [0.25, 0.3) is 11.5 Å². The highest BCUT2D eigenvalue weighted by molar-refractivity contribution is 7.98. The van der Waals surface area contributed by atoms with Crippen LogP contribution in [0.5, 0.6) is 0 Å². The van der Waals surface area contributed by atoms with E-state index in [-0.39, 0.29) is 0 Å². The fourth-order valence-corrected chi connectivity index (χ4v) is 4.14. The van der Waals surface area contributed by atoms with E-state index < -0.39 is 0 Å². The molecule has 2 aromatic heterocycles. The molecule has 0 spiro atoms. The summed E-state index contributed by atoms with van der Waals surface area (Å²) >= 11 is 7.78. The maximum absolute atomic E-state index is 6.22. The Kier molecular flexibility index (Phi) is 5.08. The molecular weight excluding hydrogens is 406 g/mol. The molecule has 2 heterocycles. The third-order valence-corrected chi connectivity index (χ3v) is 6.05. The SMILES string of the molecule is Clc1ccccc1-c1nnc(CSc2nnc(C3CC3)n2Cc2ccccc2)o1. The zero-order chi connectivity index (χ0) is 19.6. The second-order valence-corrected chi connectivity index (χ2v) is 8.31. The van der Waals surface area contributed by atoms with Crippen LogP contribution in [0, 0.1) is 0 Å². The van der Waals surface area contributed by atoms with Crippen molar-refractivity contribution in [2.75, 3.05) is 0 Å². The smallest absolute Gasteiger partial charge is 0.249 e. The summed E-state index contributed by atoms with van der Waals surface area (Å²) in [5.74, 6) is 3.08. The third-order valence-electron chi connectivity index (χ3n) is 4.77. The number of benzene rings is 2. The van der Waals surface area contributed by atoms with E-state index in [2.05, 4.69) is 49.2 Å². The first-order valence-electron chi connectivity index (χ1n) is 9.45. The second-order valence-electron chi connectivity index (χ2n) is 6.96. The van der Waals surface area contributed by atoms with E-state index in [0.717, 1.165) is 23.1 Å². The molecular formula is C21H18ClN5OS.